The van der Waals surface area contributed by atoms with Gasteiger partial charge in [0.2, 0.25) is 0 Å². The van der Waals surface area contributed by atoms with Crippen LogP contribution in [0, 0.1) is 0 Å². The maximum atomic E-state index is 11.3. The fourth-order valence-corrected chi connectivity index (χ4v) is 8.38. The topological polar surface area (TPSA) is 64.1 Å². The Kier molecular flexibility index (Phi) is 7.95. The van der Waals surface area contributed by atoms with Crippen LogP contribution in [0.15, 0.2) is 126 Å². The van der Waals surface area contributed by atoms with Gasteiger partial charge in [-0.25, -0.2) is 9.97 Å². The highest BCUT2D eigenvalue weighted by molar-refractivity contribution is 6.07. The zero-order valence-corrected chi connectivity index (χ0v) is 32.9. The van der Waals surface area contributed by atoms with Gasteiger partial charge in [0.1, 0.15) is 28.4 Å². The quantitative estimate of drug-likeness (QED) is 0.186. The molecule has 55 heavy (non-hydrogen) atoms. The van der Waals surface area contributed by atoms with E-state index in [2.05, 4.69) is 163 Å². The van der Waals surface area contributed by atoms with Gasteiger partial charge in [0.25, 0.3) is 0 Å². The molecule has 274 valence electrons. The van der Waals surface area contributed by atoms with Crippen LogP contribution in [-0.2, 0) is 10.8 Å². The maximum absolute atomic E-state index is 11.3. The van der Waals surface area contributed by atoms with Gasteiger partial charge in [-0.15, -0.1) is 0 Å². The lowest BCUT2D eigenvalue weighted by atomic mass is 9.56. The van der Waals surface area contributed by atoms with Gasteiger partial charge in [0.15, 0.2) is 0 Å². The van der Waals surface area contributed by atoms with Crippen LogP contribution in [-0.4, -0.2) is 19.6 Å². The average molecular weight is 722 g/mol. The summed E-state index contributed by atoms with van der Waals surface area (Å²) in [5, 5.41) is 13.4. The minimum Gasteiger partial charge on any atom is -0.507 e. The van der Waals surface area contributed by atoms with Crippen molar-refractivity contribution in [3.8, 4) is 56.6 Å². The Morgan fingerprint density at radius 2 is 1.22 bits per heavy atom. The summed E-state index contributed by atoms with van der Waals surface area (Å²) in [6.45, 7) is 18.1. The molecule has 0 spiro atoms. The second-order valence-corrected chi connectivity index (χ2v) is 16.9. The van der Waals surface area contributed by atoms with Crippen LogP contribution >= 0.6 is 0 Å². The SMILES string of the molecule is CC(C)c1cc(C(C)C)cc(-n2cc(-c3ccc4c(n3)-c3c(O)cccc3C(C)(C)C4(C)C)nc2-c2ccc3oc4ccc(-c5ccccc5)cc4c3c2)c1. The number of aromatic nitrogens is 3. The van der Waals surface area contributed by atoms with E-state index in [9.17, 15) is 5.11 Å². The van der Waals surface area contributed by atoms with E-state index >= 15 is 0 Å². The summed E-state index contributed by atoms with van der Waals surface area (Å²) < 4.78 is 8.60. The molecule has 9 rings (SSSR count). The predicted molar refractivity (Wildman–Crippen MR) is 226 cm³/mol. The molecule has 0 saturated heterocycles. The molecule has 1 N–H and O–H groups in total. The molecule has 0 radical (unpaired) electrons. The van der Waals surface area contributed by atoms with Gasteiger partial charge in [-0.3, -0.25) is 4.57 Å². The third-order valence-electron chi connectivity index (χ3n) is 12.5. The largest absolute Gasteiger partial charge is 0.507 e. The van der Waals surface area contributed by atoms with E-state index in [-0.39, 0.29) is 16.6 Å². The van der Waals surface area contributed by atoms with Crippen LogP contribution in [0.2, 0.25) is 0 Å². The normalized spacial score (nSPS) is 14.5. The zero-order valence-electron chi connectivity index (χ0n) is 32.9. The fourth-order valence-electron chi connectivity index (χ4n) is 8.38. The Bertz CT molecular complexity index is 2750. The van der Waals surface area contributed by atoms with Gasteiger partial charge in [-0.2, -0.15) is 0 Å². The summed E-state index contributed by atoms with van der Waals surface area (Å²) in [5.41, 5.74) is 13.6. The van der Waals surface area contributed by atoms with Crippen LogP contribution in [0.1, 0.15) is 89.5 Å². The Morgan fingerprint density at radius 1 is 0.582 bits per heavy atom. The number of benzene rings is 5. The lowest BCUT2D eigenvalue weighted by Gasteiger charge is -2.47. The van der Waals surface area contributed by atoms with Gasteiger partial charge in [-0.05, 0) is 105 Å². The summed E-state index contributed by atoms with van der Waals surface area (Å²) in [7, 11) is 0. The van der Waals surface area contributed by atoms with E-state index in [1.165, 1.54) is 16.7 Å². The molecule has 0 aliphatic heterocycles. The van der Waals surface area contributed by atoms with Crippen molar-refractivity contribution in [2.75, 3.05) is 0 Å². The van der Waals surface area contributed by atoms with Gasteiger partial charge in [-0.1, -0.05) is 116 Å². The summed E-state index contributed by atoms with van der Waals surface area (Å²) in [5.74, 6) is 1.80. The first-order valence-electron chi connectivity index (χ1n) is 19.4. The Labute approximate surface area is 323 Å². The molecule has 3 aromatic heterocycles. The number of aromatic hydroxyl groups is 1. The highest BCUT2D eigenvalue weighted by Gasteiger charge is 2.47. The number of hydrogen-bond acceptors (Lipinski definition) is 4. The number of phenols is 1. The molecular weight excluding hydrogens is 675 g/mol. The fraction of sp³-hybridized carbons (Fsp3) is 0.240. The molecule has 5 nitrogen and oxygen atoms in total. The third kappa shape index (κ3) is 5.51. The predicted octanol–water partition coefficient (Wildman–Crippen LogP) is 13.4. The molecule has 1 aliphatic carbocycles. The second-order valence-electron chi connectivity index (χ2n) is 16.9. The van der Waals surface area contributed by atoms with Crippen molar-refractivity contribution >= 4 is 21.9 Å². The van der Waals surface area contributed by atoms with Crippen molar-refractivity contribution < 1.29 is 9.52 Å². The molecule has 0 amide bonds. The molecule has 5 aromatic carbocycles. The van der Waals surface area contributed by atoms with Crippen molar-refractivity contribution in [1.82, 2.24) is 14.5 Å². The van der Waals surface area contributed by atoms with Gasteiger partial charge >= 0.3 is 0 Å². The number of nitrogens with zero attached hydrogens (tertiary/aromatic N) is 3. The van der Waals surface area contributed by atoms with Crippen LogP contribution in [0.4, 0.5) is 0 Å². The van der Waals surface area contributed by atoms with Gasteiger partial charge < -0.3 is 9.52 Å². The van der Waals surface area contributed by atoms with E-state index in [0.717, 1.165) is 78.3 Å². The molecule has 8 aromatic rings. The Hall–Kier alpha value is -5.94. The highest BCUT2D eigenvalue weighted by atomic mass is 16.3. The van der Waals surface area contributed by atoms with Crippen LogP contribution < -0.4 is 0 Å². The van der Waals surface area contributed by atoms with E-state index in [1.54, 1.807) is 6.07 Å². The van der Waals surface area contributed by atoms with E-state index in [0.29, 0.717) is 11.8 Å². The van der Waals surface area contributed by atoms with Crippen molar-refractivity contribution in [3.63, 3.8) is 0 Å². The highest BCUT2D eigenvalue weighted by Crippen LogP contribution is 2.55. The number of furan rings is 1. The molecule has 0 fully saturated rings. The maximum Gasteiger partial charge on any atom is 0.145 e. The first-order chi connectivity index (χ1) is 26.3. The zero-order chi connectivity index (χ0) is 38.4. The van der Waals surface area contributed by atoms with E-state index in [4.69, 9.17) is 14.4 Å². The summed E-state index contributed by atoms with van der Waals surface area (Å²) >= 11 is 0. The number of pyridine rings is 1. The molecule has 5 heteroatoms. The van der Waals surface area contributed by atoms with E-state index in [1.807, 2.05) is 12.1 Å². The van der Waals surface area contributed by atoms with Crippen molar-refractivity contribution in [2.45, 2.75) is 78.1 Å². The first kappa shape index (κ1) is 34.8. The molecule has 1 aliphatic rings. The standard InChI is InChI=1S/C50H47N3O2/c1-29(2)34-23-35(30(3)4)25-36(24-34)53-28-42(41-20-19-40-47(51-41)46-39(15-12-16-43(46)54)49(5,6)50(40,7)8)52-48(53)33-18-22-45-38(27-33)37-26-32(17-21-44(37)55-45)31-13-10-9-11-14-31/h9-30,54H,1-8H3. The van der Waals surface area contributed by atoms with Crippen LogP contribution in [0.5, 0.6) is 5.75 Å². The Balaban J connectivity index is 1.26. The number of imidazole rings is 1. The first-order valence-corrected chi connectivity index (χ1v) is 19.4. The van der Waals surface area contributed by atoms with Crippen LogP contribution in [0.3, 0.4) is 0 Å². The van der Waals surface area contributed by atoms with Crippen molar-refractivity contribution in [1.29, 1.82) is 0 Å². The minimum absolute atomic E-state index is 0.223. The summed E-state index contributed by atoms with van der Waals surface area (Å²) in [6, 6.07) is 40.3. The number of fused-ring (bicyclic) bond motifs is 6. The molecular formula is C50H47N3O2. The minimum atomic E-state index is -0.229. The molecule has 0 bridgehead atoms. The summed E-state index contributed by atoms with van der Waals surface area (Å²) in [6.07, 6.45) is 2.13. The lowest BCUT2D eigenvalue weighted by Crippen LogP contribution is -2.43. The monoisotopic (exact) mass is 721 g/mol. The third-order valence-corrected chi connectivity index (χ3v) is 12.5. The van der Waals surface area contributed by atoms with Crippen molar-refractivity contribution in [3.05, 3.63) is 144 Å². The number of rotatable bonds is 6. The average Bonchev–Trinajstić information content (AvgIpc) is 3.79. The van der Waals surface area contributed by atoms with Crippen molar-refractivity contribution in [2.24, 2.45) is 0 Å². The molecule has 0 saturated carbocycles. The van der Waals surface area contributed by atoms with Crippen LogP contribution in [0.25, 0.3) is 72.8 Å². The number of hydrogen-bond donors (Lipinski definition) is 1. The summed E-state index contributed by atoms with van der Waals surface area (Å²) in [4.78, 5) is 10.8. The molecule has 0 unspecified atom stereocenters. The second kappa shape index (κ2) is 12.6. The van der Waals surface area contributed by atoms with Gasteiger partial charge in [0, 0.05) is 39.2 Å². The molecule has 3 heterocycles. The Morgan fingerprint density at radius 3 is 1.89 bits per heavy atom. The molecule has 0 atom stereocenters. The van der Waals surface area contributed by atoms with E-state index < -0.39 is 0 Å². The lowest BCUT2D eigenvalue weighted by molar-refractivity contribution is 0.296. The van der Waals surface area contributed by atoms with Gasteiger partial charge in [0.05, 0.1) is 11.4 Å². The smallest absolute Gasteiger partial charge is 0.145 e. The number of phenolic OH excluding ortho intramolecular Hbond substituents is 1.